The second-order valence-electron chi connectivity index (χ2n) is 8.66. The van der Waals surface area contributed by atoms with Crippen LogP contribution in [0.2, 0.25) is 0 Å². The Hall–Kier alpha value is -3.76. The Morgan fingerprint density at radius 1 is 1.21 bits per heavy atom. The molecule has 0 spiro atoms. The Morgan fingerprint density at radius 3 is 2.53 bits per heavy atom. The summed E-state index contributed by atoms with van der Waals surface area (Å²) in [5, 5.41) is 14.7. The molecule has 0 unspecified atom stereocenters. The first-order chi connectivity index (χ1) is 16.1. The molecule has 1 aromatic heterocycles. The molecule has 11 heteroatoms. The zero-order chi connectivity index (χ0) is 24.5. The number of aromatic hydroxyl groups is 1. The van der Waals surface area contributed by atoms with E-state index in [9.17, 15) is 32.7 Å². The van der Waals surface area contributed by atoms with Gasteiger partial charge in [0.2, 0.25) is 5.43 Å². The number of nitrogens with one attached hydrogen (secondary N) is 1. The number of nitrogens with zero attached hydrogens (tertiary/aromatic N) is 3. The molecule has 0 bridgehead atoms. The monoisotopic (exact) mass is 474 g/mol. The maximum Gasteiger partial charge on any atom is 0.278 e. The molecule has 0 saturated heterocycles. The third-order valence-electron chi connectivity index (χ3n) is 6.68. The van der Waals surface area contributed by atoms with Crippen molar-refractivity contribution in [1.82, 2.24) is 14.9 Å². The number of rotatable bonds is 4. The van der Waals surface area contributed by atoms with Gasteiger partial charge in [-0.3, -0.25) is 24.1 Å². The van der Waals surface area contributed by atoms with Crippen LogP contribution in [0.3, 0.4) is 0 Å². The van der Waals surface area contributed by atoms with Crippen LogP contribution in [0, 0.1) is 23.4 Å². The average Bonchev–Trinajstić information content (AvgIpc) is 3.57. The van der Waals surface area contributed by atoms with E-state index in [1.807, 2.05) is 18.9 Å². The number of carbonyl (C=O) groups excluding carboxylic acids is 2. The fourth-order valence-electron chi connectivity index (χ4n) is 4.93. The zero-order valence-corrected chi connectivity index (χ0v) is 18.4. The number of aromatic nitrogens is 1. The highest BCUT2D eigenvalue weighted by Crippen LogP contribution is 2.49. The van der Waals surface area contributed by atoms with Crippen LogP contribution in [-0.2, 0) is 6.54 Å². The standard InChI is InChI=1S/C23H21F3N4O4/c1-3-28-22-13-6-12(13)10(2)8-30(22)29-9-15(19(31)20(32)18(29)23(28)34)21(33)27-7-14-16(25)4-11(24)5-17(14)26/h4-5,9,13,22,32H,3,6-8H2,1-2H3,(H,27,33)/t13-,22-/m0/s1. The fourth-order valence-corrected chi connectivity index (χ4v) is 4.93. The lowest BCUT2D eigenvalue weighted by atomic mass is 10.1. The van der Waals surface area contributed by atoms with Crippen LogP contribution in [-0.4, -0.2) is 45.8 Å². The van der Waals surface area contributed by atoms with Gasteiger partial charge >= 0.3 is 0 Å². The smallest absolute Gasteiger partial charge is 0.278 e. The molecule has 2 aromatic rings. The lowest BCUT2D eigenvalue weighted by Gasteiger charge is -2.48. The van der Waals surface area contributed by atoms with Crippen LogP contribution in [0.25, 0.3) is 0 Å². The molecule has 34 heavy (non-hydrogen) atoms. The zero-order valence-electron chi connectivity index (χ0n) is 18.4. The van der Waals surface area contributed by atoms with Gasteiger partial charge < -0.3 is 15.3 Å². The molecule has 2 aliphatic heterocycles. The van der Waals surface area contributed by atoms with E-state index in [0.717, 1.165) is 12.0 Å². The minimum atomic E-state index is -1.19. The van der Waals surface area contributed by atoms with Gasteiger partial charge in [-0.2, -0.15) is 0 Å². The van der Waals surface area contributed by atoms with Gasteiger partial charge in [-0.25, -0.2) is 13.2 Å². The summed E-state index contributed by atoms with van der Waals surface area (Å²) in [5.74, 6) is -5.75. The predicted molar refractivity (Wildman–Crippen MR) is 114 cm³/mol. The molecule has 1 aromatic carbocycles. The van der Waals surface area contributed by atoms with Crippen molar-refractivity contribution in [3.8, 4) is 5.75 Å². The van der Waals surface area contributed by atoms with Gasteiger partial charge in [-0.15, -0.1) is 0 Å². The van der Waals surface area contributed by atoms with Crippen molar-refractivity contribution < 1.29 is 27.9 Å². The van der Waals surface area contributed by atoms with Crippen LogP contribution < -0.4 is 15.8 Å². The molecule has 1 fully saturated rings. The molecular formula is C23H21F3N4O4. The summed E-state index contributed by atoms with van der Waals surface area (Å²) < 4.78 is 42.3. The number of hydrogen-bond donors (Lipinski definition) is 2. The first-order valence-corrected chi connectivity index (χ1v) is 10.8. The van der Waals surface area contributed by atoms with Crippen molar-refractivity contribution in [3.05, 3.63) is 74.0 Å². The highest BCUT2D eigenvalue weighted by molar-refractivity contribution is 5.99. The Labute approximate surface area is 191 Å². The molecule has 2 amide bonds. The van der Waals surface area contributed by atoms with Crippen molar-refractivity contribution in [3.63, 3.8) is 0 Å². The molecule has 3 heterocycles. The van der Waals surface area contributed by atoms with Gasteiger partial charge in [0.1, 0.15) is 29.2 Å². The van der Waals surface area contributed by atoms with Gasteiger partial charge in [0.25, 0.3) is 11.8 Å². The summed E-state index contributed by atoms with van der Waals surface area (Å²) in [4.78, 5) is 40.3. The Balaban J connectivity index is 1.52. The lowest BCUT2D eigenvalue weighted by Crippen LogP contribution is -2.63. The van der Waals surface area contributed by atoms with Crippen LogP contribution in [0.15, 0.2) is 34.3 Å². The molecular weight excluding hydrogens is 453 g/mol. The highest BCUT2D eigenvalue weighted by Gasteiger charge is 2.52. The van der Waals surface area contributed by atoms with Crippen molar-refractivity contribution >= 4 is 11.8 Å². The number of pyridine rings is 1. The minimum Gasteiger partial charge on any atom is -0.502 e. The maximum absolute atomic E-state index is 13.9. The van der Waals surface area contributed by atoms with Crippen LogP contribution in [0.5, 0.6) is 5.75 Å². The van der Waals surface area contributed by atoms with Crippen molar-refractivity contribution in [2.75, 3.05) is 18.1 Å². The normalized spacial score (nSPS) is 20.7. The lowest BCUT2D eigenvalue weighted by molar-refractivity contribution is 0.0550. The fraction of sp³-hybridized carbons (Fsp3) is 0.348. The molecule has 1 aliphatic carbocycles. The van der Waals surface area contributed by atoms with Crippen molar-refractivity contribution in [2.24, 2.45) is 5.92 Å². The second kappa shape index (κ2) is 7.64. The quantitative estimate of drug-likeness (QED) is 0.661. The van der Waals surface area contributed by atoms with E-state index >= 15 is 0 Å². The van der Waals surface area contributed by atoms with Crippen LogP contribution >= 0.6 is 0 Å². The number of halogens is 3. The Kier molecular flexibility index (Phi) is 4.96. The summed E-state index contributed by atoms with van der Waals surface area (Å²) in [5.41, 5.74) is -0.00498. The first kappa shape index (κ1) is 22.1. The van der Waals surface area contributed by atoms with Gasteiger partial charge in [-0.05, 0) is 20.3 Å². The molecule has 1 saturated carbocycles. The van der Waals surface area contributed by atoms with Crippen LogP contribution in [0.1, 0.15) is 46.7 Å². The number of hydrogen-bond acceptors (Lipinski definition) is 5. The predicted octanol–water partition coefficient (Wildman–Crippen LogP) is 1.99. The van der Waals surface area contributed by atoms with E-state index in [1.54, 1.807) is 4.90 Å². The molecule has 2 N–H and O–H groups in total. The molecule has 3 aliphatic rings. The highest BCUT2D eigenvalue weighted by atomic mass is 19.1. The minimum absolute atomic E-state index is 0.133. The number of carbonyl (C=O) groups is 2. The Morgan fingerprint density at radius 2 is 1.88 bits per heavy atom. The van der Waals surface area contributed by atoms with Gasteiger partial charge in [0.05, 0.1) is 6.54 Å². The number of amides is 2. The van der Waals surface area contributed by atoms with E-state index in [-0.39, 0.29) is 17.8 Å². The summed E-state index contributed by atoms with van der Waals surface area (Å²) in [6.07, 6.45) is 1.70. The molecule has 178 valence electrons. The average molecular weight is 474 g/mol. The molecule has 0 radical (unpaired) electrons. The second-order valence-corrected chi connectivity index (χ2v) is 8.66. The summed E-state index contributed by atoms with van der Waals surface area (Å²) in [6.45, 7) is 3.93. The summed E-state index contributed by atoms with van der Waals surface area (Å²) >= 11 is 0. The molecule has 2 atom stereocenters. The maximum atomic E-state index is 13.9. The van der Waals surface area contributed by atoms with Crippen molar-refractivity contribution in [2.45, 2.75) is 33.0 Å². The van der Waals surface area contributed by atoms with E-state index in [1.165, 1.54) is 16.4 Å². The number of fused-ring (bicyclic) bond motifs is 5. The van der Waals surface area contributed by atoms with Crippen molar-refractivity contribution in [1.29, 1.82) is 0 Å². The Bertz CT molecular complexity index is 1330. The third kappa shape index (κ3) is 3.17. The third-order valence-corrected chi connectivity index (χ3v) is 6.68. The van der Waals surface area contributed by atoms with Gasteiger partial charge in [0, 0.05) is 42.9 Å². The van der Waals surface area contributed by atoms with E-state index in [0.29, 0.717) is 25.2 Å². The van der Waals surface area contributed by atoms with E-state index < -0.39 is 58.1 Å². The summed E-state index contributed by atoms with van der Waals surface area (Å²) in [6, 6.07) is 0.960. The van der Waals surface area contributed by atoms with Crippen LogP contribution in [0.4, 0.5) is 13.2 Å². The SMILES string of the molecule is CCN1C(=O)c2c(O)c(=O)c(C(=O)NCc3c(F)cc(F)cc3F)cn2N2CC(C)=C3C[C@@H]3[C@@H]12. The van der Waals surface area contributed by atoms with E-state index in [4.69, 9.17) is 0 Å². The van der Waals surface area contributed by atoms with Gasteiger partial charge in [0.15, 0.2) is 11.4 Å². The number of benzene rings is 1. The van der Waals surface area contributed by atoms with E-state index in [2.05, 4.69) is 5.32 Å². The topological polar surface area (TPSA) is 94.9 Å². The largest absolute Gasteiger partial charge is 0.502 e. The first-order valence-electron chi connectivity index (χ1n) is 10.8. The molecule has 8 nitrogen and oxygen atoms in total. The summed E-state index contributed by atoms with van der Waals surface area (Å²) in [7, 11) is 0. The van der Waals surface area contributed by atoms with Gasteiger partial charge in [-0.1, -0.05) is 11.1 Å². The molecule has 5 rings (SSSR count).